The molecule has 3 aromatic carbocycles. The van der Waals surface area contributed by atoms with Crippen LogP contribution < -0.4 is 4.90 Å². The summed E-state index contributed by atoms with van der Waals surface area (Å²) in [4.78, 5) is 26.7. The fourth-order valence-corrected chi connectivity index (χ4v) is 5.14. The number of aryl methyl sites for hydroxylation is 1. The molecule has 6 nitrogen and oxygen atoms in total. The van der Waals surface area contributed by atoms with E-state index in [9.17, 15) is 4.79 Å². The number of nitrogens with zero attached hydrogens (tertiary/aromatic N) is 5. The van der Waals surface area contributed by atoms with Crippen LogP contribution in [0.5, 0.6) is 0 Å². The van der Waals surface area contributed by atoms with Crippen LogP contribution in [0.2, 0.25) is 5.02 Å². The third-order valence-corrected chi connectivity index (χ3v) is 7.13. The molecule has 6 rings (SSSR count). The van der Waals surface area contributed by atoms with Gasteiger partial charge in [0.1, 0.15) is 12.1 Å². The number of amides is 1. The summed E-state index contributed by atoms with van der Waals surface area (Å²) in [7, 11) is 0. The highest BCUT2D eigenvalue weighted by Gasteiger charge is 2.26. The molecule has 1 aliphatic heterocycles. The lowest BCUT2D eigenvalue weighted by Crippen LogP contribution is -2.49. The van der Waals surface area contributed by atoms with E-state index in [0.717, 1.165) is 33.7 Å². The Morgan fingerprint density at radius 1 is 0.865 bits per heavy atom. The highest BCUT2D eigenvalue weighted by Crippen LogP contribution is 2.37. The third-order valence-electron chi connectivity index (χ3n) is 6.90. The average molecular weight is 508 g/mol. The van der Waals surface area contributed by atoms with E-state index in [2.05, 4.69) is 59.0 Å². The van der Waals surface area contributed by atoms with Crippen molar-refractivity contribution in [2.24, 2.45) is 0 Å². The summed E-state index contributed by atoms with van der Waals surface area (Å²) in [6.07, 6.45) is 3.79. The van der Waals surface area contributed by atoms with Crippen LogP contribution in [0.25, 0.3) is 27.8 Å². The number of piperazine rings is 1. The number of halogens is 1. The molecule has 1 saturated heterocycles. The smallest absolute Gasteiger partial charge is 0.254 e. The van der Waals surface area contributed by atoms with E-state index in [4.69, 9.17) is 21.6 Å². The van der Waals surface area contributed by atoms with E-state index < -0.39 is 0 Å². The van der Waals surface area contributed by atoms with Gasteiger partial charge in [-0.25, -0.2) is 9.97 Å². The molecule has 2 aromatic heterocycles. The third kappa shape index (κ3) is 4.45. The largest absolute Gasteiger partial charge is 0.352 e. The van der Waals surface area contributed by atoms with Gasteiger partial charge in [-0.2, -0.15) is 0 Å². The molecule has 0 bridgehead atoms. The number of rotatable bonds is 4. The van der Waals surface area contributed by atoms with E-state index in [1.165, 1.54) is 5.56 Å². The van der Waals surface area contributed by atoms with Crippen LogP contribution >= 0.6 is 11.6 Å². The normalized spacial score (nSPS) is 13.8. The Bertz CT molecular complexity index is 1570. The minimum Gasteiger partial charge on any atom is -0.352 e. The Kier molecular flexibility index (Phi) is 6.10. The van der Waals surface area contributed by atoms with Crippen molar-refractivity contribution < 1.29 is 4.79 Å². The van der Waals surface area contributed by atoms with Gasteiger partial charge in [0, 0.05) is 54.2 Å². The van der Waals surface area contributed by atoms with Crippen molar-refractivity contribution in [1.82, 2.24) is 19.4 Å². The van der Waals surface area contributed by atoms with E-state index in [0.29, 0.717) is 36.8 Å². The summed E-state index contributed by atoms with van der Waals surface area (Å²) in [6, 6.07) is 26.0. The van der Waals surface area contributed by atoms with Gasteiger partial charge in [-0.05, 0) is 42.8 Å². The zero-order chi connectivity index (χ0) is 25.4. The predicted molar refractivity (Wildman–Crippen MR) is 149 cm³/mol. The second kappa shape index (κ2) is 9.71. The zero-order valence-corrected chi connectivity index (χ0v) is 21.3. The number of hydrogen-bond donors (Lipinski definition) is 0. The molecule has 37 heavy (non-hydrogen) atoms. The molecule has 1 fully saturated rings. The van der Waals surface area contributed by atoms with Crippen LogP contribution in [-0.4, -0.2) is 51.5 Å². The van der Waals surface area contributed by atoms with Gasteiger partial charge in [-0.1, -0.05) is 65.7 Å². The molecule has 7 heteroatoms. The first kappa shape index (κ1) is 23.3. The van der Waals surface area contributed by atoms with Crippen molar-refractivity contribution >= 4 is 34.4 Å². The zero-order valence-electron chi connectivity index (χ0n) is 20.5. The standard InChI is InChI=1S/C30H26ClN5O/c1-21-10-12-25(13-11-21)36-19-26(22-6-3-2-4-7-22)27-28(32-20-33-29(27)36)34-14-16-35(17-15-34)30(37)23-8-5-9-24(31)18-23/h2-13,18-20H,14-17H2,1H3. The molecule has 0 saturated carbocycles. The van der Waals surface area contributed by atoms with Gasteiger partial charge in [-0.3, -0.25) is 4.79 Å². The first-order chi connectivity index (χ1) is 18.1. The molecular formula is C30H26ClN5O. The van der Waals surface area contributed by atoms with Gasteiger partial charge in [0.25, 0.3) is 5.91 Å². The maximum atomic E-state index is 13.1. The van der Waals surface area contributed by atoms with Gasteiger partial charge in [-0.15, -0.1) is 0 Å². The second-order valence-electron chi connectivity index (χ2n) is 9.30. The fourth-order valence-electron chi connectivity index (χ4n) is 4.95. The van der Waals surface area contributed by atoms with Crippen LogP contribution in [0.3, 0.4) is 0 Å². The van der Waals surface area contributed by atoms with Crippen molar-refractivity contribution in [3.8, 4) is 16.8 Å². The molecule has 0 unspecified atom stereocenters. The lowest BCUT2D eigenvalue weighted by molar-refractivity contribution is 0.0746. The first-order valence-electron chi connectivity index (χ1n) is 12.4. The van der Waals surface area contributed by atoms with Crippen molar-refractivity contribution in [1.29, 1.82) is 0 Å². The minimum atomic E-state index is 0.00508. The van der Waals surface area contributed by atoms with Crippen molar-refractivity contribution in [2.45, 2.75) is 6.92 Å². The molecule has 3 heterocycles. The molecule has 0 atom stereocenters. The monoisotopic (exact) mass is 507 g/mol. The Morgan fingerprint density at radius 2 is 1.62 bits per heavy atom. The summed E-state index contributed by atoms with van der Waals surface area (Å²) >= 11 is 6.11. The van der Waals surface area contributed by atoms with Crippen LogP contribution in [0.1, 0.15) is 15.9 Å². The van der Waals surface area contributed by atoms with Gasteiger partial charge in [0.2, 0.25) is 0 Å². The number of aromatic nitrogens is 3. The lowest BCUT2D eigenvalue weighted by Gasteiger charge is -2.35. The summed E-state index contributed by atoms with van der Waals surface area (Å²) in [5.74, 6) is 0.898. The molecule has 1 aliphatic rings. The van der Waals surface area contributed by atoms with Gasteiger partial charge < -0.3 is 14.4 Å². The van der Waals surface area contributed by atoms with Crippen molar-refractivity contribution in [2.75, 3.05) is 31.1 Å². The van der Waals surface area contributed by atoms with Crippen LogP contribution in [-0.2, 0) is 0 Å². The molecule has 1 amide bonds. The molecule has 0 spiro atoms. The predicted octanol–water partition coefficient (Wildman–Crippen LogP) is 6.01. The van der Waals surface area contributed by atoms with E-state index >= 15 is 0 Å². The number of carbonyl (C=O) groups excluding carboxylic acids is 1. The molecule has 184 valence electrons. The van der Waals surface area contributed by atoms with E-state index in [1.807, 2.05) is 35.2 Å². The Balaban J connectivity index is 1.37. The van der Waals surface area contributed by atoms with Crippen LogP contribution in [0.4, 0.5) is 5.82 Å². The number of benzene rings is 3. The molecular weight excluding hydrogens is 482 g/mol. The second-order valence-corrected chi connectivity index (χ2v) is 9.74. The Hall–Kier alpha value is -4.16. The molecule has 5 aromatic rings. The Morgan fingerprint density at radius 3 is 2.35 bits per heavy atom. The lowest BCUT2D eigenvalue weighted by atomic mass is 10.1. The van der Waals surface area contributed by atoms with E-state index in [-0.39, 0.29) is 5.91 Å². The molecule has 0 aliphatic carbocycles. The van der Waals surface area contributed by atoms with Gasteiger partial charge in [0.15, 0.2) is 5.65 Å². The number of hydrogen-bond acceptors (Lipinski definition) is 4. The highest BCUT2D eigenvalue weighted by atomic mass is 35.5. The van der Waals surface area contributed by atoms with Gasteiger partial charge >= 0.3 is 0 Å². The quantitative estimate of drug-likeness (QED) is 0.299. The summed E-state index contributed by atoms with van der Waals surface area (Å²) < 4.78 is 2.14. The van der Waals surface area contributed by atoms with Crippen LogP contribution in [0.15, 0.2) is 91.4 Å². The Labute approximate surface area is 220 Å². The maximum Gasteiger partial charge on any atom is 0.254 e. The van der Waals surface area contributed by atoms with E-state index in [1.54, 1.807) is 18.5 Å². The molecule has 0 radical (unpaired) electrons. The summed E-state index contributed by atoms with van der Waals surface area (Å²) in [5.41, 5.74) is 5.95. The van der Waals surface area contributed by atoms with Crippen LogP contribution in [0, 0.1) is 6.92 Å². The first-order valence-corrected chi connectivity index (χ1v) is 12.7. The average Bonchev–Trinajstić information content (AvgIpc) is 3.34. The van der Waals surface area contributed by atoms with Gasteiger partial charge in [0.05, 0.1) is 5.39 Å². The van der Waals surface area contributed by atoms with Crippen molar-refractivity contribution in [3.63, 3.8) is 0 Å². The SMILES string of the molecule is Cc1ccc(-n2cc(-c3ccccc3)c3c(N4CCN(C(=O)c5cccc(Cl)c5)CC4)ncnc32)cc1. The molecule has 0 N–H and O–H groups in total. The topological polar surface area (TPSA) is 54.3 Å². The highest BCUT2D eigenvalue weighted by molar-refractivity contribution is 6.31. The number of carbonyl (C=O) groups is 1. The fraction of sp³-hybridized carbons (Fsp3) is 0.167. The summed E-state index contributed by atoms with van der Waals surface area (Å²) in [5, 5.41) is 1.59. The number of fused-ring (bicyclic) bond motifs is 1. The minimum absolute atomic E-state index is 0.00508. The maximum absolute atomic E-state index is 13.1. The summed E-state index contributed by atoms with van der Waals surface area (Å²) in [6.45, 7) is 4.67. The van der Waals surface area contributed by atoms with Crippen molar-refractivity contribution in [3.05, 3.63) is 108 Å². The number of anilines is 1.